The largest absolute Gasteiger partial charge is 0.490 e. The van der Waals surface area contributed by atoms with Crippen LogP contribution in [0.3, 0.4) is 0 Å². The molecule has 4 heteroatoms. The molecule has 2 aromatic rings. The Bertz CT molecular complexity index is 563. The molecule has 110 valence electrons. The Morgan fingerprint density at radius 2 is 1.76 bits per heavy atom. The number of carbonyl (C=O) groups is 1. The van der Waals surface area contributed by atoms with E-state index in [9.17, 15) is 9.90 Å². The molecular weight excluding hydrogens is 268 g/mol. The average molecular weight is 286 g/mol. The van der Waals surface area contributed by atoms with Crippen molar-refractivity contribution in [2.45, 2.75) is 13.0 Å². The van der Waals surface area contributed by atoms with E-state index in [0.717, 1.165) is 5.56 Å². The third-order valence-corrected chi connectivity index (χ3v) is 2.94. The molecule has 0 heterocycles. The first-order valence-corrected chi connectivity index (χ1v) is 6.75. The van der Waals surface area contributed by atoms with Crippen molar-refractivity contribution in [3.8, 4) is 5.75 Å². The Kier molecular flexibility index (Phi) is 5.35. The number of carbonyl (C=O) groups excluding carboxylic acids is 1. The number of hydrogen-bond acceptors (Lipinski definition) is 4. The average Bonchev–Trinajstić information content (AvgIpc) is 2.53. The fourth-order valence-corrected chi connectivity index (χ4v) is 1.74. The number of aliphatic hydroxyl groups excluding tert-OH is 1. The third-order valence-electron chi connectivity index (χ3n) is 2.94. The first kappa shape index (κ1) is 15.1. The minimum Gasteiger partial charge on any atom is -0.490 e. The number of rotatable bonds is 6. The molecule has 0 aliphatic rings. The Labute approximate surface area is 123 Å². The van der Waals surface area contributed by atoms with Gasteiger partial charge in [-0.25, -0.2) is 4.79 Å². The SMILES string of the molecule is Cc1ccc(OCC(CO)OC(=O)c2ccccc2)cc1. The number of aliphatic hydroxyl groups is 1. The van der Waals surface area contributed by atoms with Gasteiger partial charge in [0.05, 0.1) is 12.2 Å². The van der Waals surface area contributed by atoms with Crippen molar-refractivity contribution >= 4 is 5.97 Å². The maximum absolute atomic E-state index is 11.9. The van der Waals surface area contributed by atoms with Crippen LogP contribution in [0.1, 0.15) is 15.9 Å². The molecule has 0 aromatic heterocycles. The summed E-state index contributed by atoms with van der Waals surface area (Å²) in [5, 5.41) is 9.29. The summed E-state index contributed by atoms with van der Waals surface area (Å²) in [4.78, 5) is 11.9. The summed E-state index contributed by atoms with van der Waals surface area (Å²) in [6, 6.07) is 16.2. The van der Waals surface area contributed by atoms with Gasteiger partial charge in [0, 0.05) is 0 Å². The lowest BCUT2D eigenvalue weighted by molar-refractivity contribution is -0.00139. The number of aryl methyl sites for hydroxylation is 1. The van der Waals surface area contributed by atoms with Gasteiger partial charge in [0.15, 0.2) is 6.10 Å². The molecule has 2 aromatic carbocycles. The highest BCUT2D eigenvalue weighted by Gasteiger charge is 2.15. The fourth-order valence-electron chi connectivity index (χ4n) is 1.74. The lowest BCUT2D eigenvalue weighted by Gasteiger charge is -2.16. The molecule has 4 nitrogen and oxygen atoms in total. The molecule has 1 N–H and O–H groups in total. The predicted octanol–water partition coefficient (Wildman–Crippen LogP) is 2.59. The van der Waals surface area contributed by atoms with E-state index in [1.807, 2.05) is 37.3 Å². The summed E-state index contributed by atoms with van der Waals surface area (Å²) in [5.74, 6) is 0.206. The fraction of sp³-hybridized carbons (Fsp3) is 0.235. The second-order valence-corrected chi connectivity index (χ2v) is 4.70. The van der Waals surface area contributed by atoms with Gasteiger partial charge in [-0.1, -0.05) is 35.9 Å². The Morgan fingerprint density at radius 1 is 1.10 bits per heavy atom. The minimum absolute atomic E-state index is 0.109. The zero-order chi connectivity index (χ0) is 15.1. The van der Waals surface area contributed by atoms with Gasteiger partial charge >= 0.3 is 5.97 Å². The zero-order valence-electron chi connectivity index (χ0n) is 11.9. The van der Waals surface area contributed by atoms with Gasteiger partial charge in [-0.2, -0.15) is 0 Å². The summed E-state index contributed by atoms with van der Waals surface area (Å²) in [6.07, 6.45) is -0.695. The van der Waals surface area contributed by atoms with Crippen molar-refractivity contribution in [1.29, 1.82) is 0 Å². The lowest BCUT2D eigenvalue weighted by atomic mass is 10.2. The van der Waals surface area contributed by atoms with Crippen LogP contribution >= 0.6 is 0 Å². The quantitative estimate of drug-likeness (QED) is 0.829. The van der Waals surface area contributed by atoms with Crippen molar-refractivity contribution in [3.05, 3.63) is 65.7 Å². The smallest absolute Gasteiger partial charge is 0.338 e. The van der Waals surface area contributed by atoms with Crippen LogP contribution < -0.4 is 4.74 Å². The van der Waals surface area contributed by atoms with Crippen molar-refractivity contribution < 1.29 is 19.4 Å². The predicted molar refractivity (Wildman–Crippen MR) is 79.4 cm³/mol. The molecule has 0 saturated carbocycles. The van der Waals surface area contributed by atoms with E-state index in [1.54, 1.807) is 24.3 Å². The van der Waals surface area contributed by atoms with E-state index in [1.165, 1.54) is 0 Å². The van der Waals surface area contributed by atoms with Crippen molar-refractivity contribution in [3.63, 3.8) is 0 Å². The first-order chi connectivity index (χ1) is 10.2. The van der Waals surface area contributed by atoms with E-state index < -0.39 is 12.1 Å². The molecule has 21 heavy (non-hydrogen) atoms. The molecule has 0 amide bonds. The van der Waals surface area contributed by atoms with Crippen LogP contribution in [0.25, 0.3) is 0 Å². The minimum atomic E-state index is -0.695. The van der Waals surface area contributed by atoms with Crippen LogP contribution in [0.15, 0.2) is 54.6 Å². The topological polar surface area (TPSA) is 55.8 Å². The number of ether oxygens (including phenoxy) is 2. The Balaban J connectivity index is 1.88. The van der Waals surface area contributed by atoms with Crippen LogP contribution in [-0.4, -0.2) is 30.4 Å². The first-order valence-electron chi connectivity index (χ1n) is 6.75. The monoisotopic (exact) mass is 286 g/mol. The van der Waals surface area contributed by atoms with Crippen LogP contribution in [0.5, 0.6) is 5.75 Å². The van der Waals surface area contributed by atoms with Gasteiger partial charge in [-0.15, -0.1) is 0 Å². The van der Waals surface area contributed by atoms with Gasteiger partial charge in [-0.05, 0) is 31.2 Å². The zero-order valence-corrected chi connectivity index (χ0v) is 11.9. The highest BCUT2D eigenvalue weighted by atomic mass is 16.6. The molecule has 0 aliphatic heterocycles. The number of benzene rings is 2. The second kappa shape index (κ2) is 7.45. The van der Waals surface area contributed by atoms with Crippen molar-refractivity contribution in [2.24, 2.45) is 0 Å². The van der Waals surface area contributed by atoms with Crippen LogP contribution in [0, 0.1) is 6.92 Å². The molecule has 0 aliphatic carbocycles. The summed E-state index contributed by atoms with van der Waals surface area (Å²) in [7, 11) is 0. The van der Waals surface area contributed by atoms with Gasteiger partial charge < -0.3 is 14.6 Å². The normalized spacial score (nSPS) is 11.7. The summed E-state index contributed by atoms with van der Waals surface area (Å²) in [6.45, 7) is 1.81. The van der Waals surface area contributed by atoms with E-state index in [0.29, 0.717) is 11.3 Å². The van der Waals surface area contributed by atoms with Crippen LogP contribution in [0.4, 0.5) is 0 Å². The molecule has 0 bridgehead atoms. The lowest BCUT2D eigenvalue weighted by Crippen LogP contribution is -2.28. The Morgan fingerprint density at radius 3 is 2.38 bits per heavy atom. The number of esters is 1. The van der Waals surface area contributed by atoms with Crippen LogP contribution in [-0.2, 0) is 4.74 Å². The van der Waals surface area contributed by atoms with E-state index in [4.69, 9.17) is 9.47 Å². The van der Waals surface area contributed by atoms with Gasteiger partial charge in [0.25, 0.3) is 0 Å². The van der Waals surface area contributed by atoms with Gasteiger partial charge in [0.2, 0.25) is 0 Å². The summed E-state index contributed by atoms with van der Waals surface area (Å²) in [5.41, 5.74) is 1.59. The van der Waals surface area contributed by atoms with E-state index >= 15 is 0 Å². The molecule has 0 fully saturated rings. The summed E-state index contributed by atoms with van der Waals surface area (Å²) >= 11 is 0. The second-order valence-electron chi connectivity index (χ2n) is 4.70. The van der Waals surface area contributed by atoms with Gasteiger partial charge in [0.1, 0.15) is 12.4 Å². The molecule has 1 atom stereocenters. The summed E-state index contributed by atoms with van der Waals surface area (Å²) < 4.78 is 10.7. The standard InChI is InChI=1S/C17H18O4/c1-13-7-9-15(10-8-13)20-12-16(11-18)21-17(19)14-5-3-2-4-6-14/h2-10,16,18H,11-12H2,1H3. The van der Waals surface area contributed by atoms with Crippen LogP contribution in [0.2, 0.25) is 0 Å². The highest BCUT2D eigenvalue weighted by molar-refractivity contribution is 5.89. The maximum Gasteiger partial charge on any atom is 0.338 e. The van der Waals surface area contributed by atoms with Crippen molar-refractivity contribution in [2.75, 3.05) is 13.2 Å². The molecular formula is C17H18O4. The molecule has 0 saturated heterocycles. The van der Waals surface area contributed by atoms with E-state index in [-0.39, 0.29) is 13.2 Å². The van der Waals surface area contributed by atoms with Gasteiger partial charge in [-0.3, -0.25) is 0 Å². The molecule has 2 rings (SSSR count). The molecule has 1 unspecified atom stereocenters. The van der Waals surface area contributed by atoms with Crippen molar-refractivity contribution in [1.82, 2.24) is 0 Å². The maximum atomic E-state index is 11.9. The highest BCUT2D eigenvalue weighted by Crippen LogP contribution is 2.12. The van der Waals surface area contributed by atoms with E-state index in [2.05, 4.69) is 0 Å². The molecule has 0 radical (unpaired) electrons. The third kappa shape index (κ3) is 4.61. The Hall–Kier alpha value is -2.33. The molecule has 0 spiro atoms. The number of hydrogen-bond donors (Lipinski definition) is 1.